The molecule has 0 aliphatic rings. The van der Waals surface area contributed by atoms with Gasteiger partial charge in [-0.1, -0.05) is 13.8 Å². The first-order chi connectivity index (χ1) is 8.28. The fourth-order valence-electron chi connectivity index (χ4n) is 1.39. The zero-order valence-electron chi connectivity index (χ0n) is 10.3. The Morgan fingerprint density at radius 2 is 1.89 bits per heavy atom. The van der Waals surface area contributed by atoms with E-state index in [-0.39, 0.29) is 12.4 Å². The van der Waals surface area contributed by atoms with Crippen molar-refractivity contribution in [3.8, 4) is 6.07 Å². The number of hydrogen-bond acceptors (Lipinski definition) is 4. The van der Waals surface area contributed by atoms with E-state index in [0.29, 0.717) is 11.3 Å². The van der Waals surface area contributed by atoms with Crippen LogP contribution in [0.5, 0.6) is 0 Å². The van der Waals surface area contributed by atoms with Gasteiger partial charge in [0.15, 0.2) is 0 Å². The molecule has 0 aliphatic heterocycles. The number of benzene rings is 1. The van der Waals surface area contributed by atoms with E-state index in [1.807, 2.05) is 6.07 Å². The molecule has 0 bridgehead atoms. The largest absolute Gasteiger partial charge is 0.396 e. The summed E-state index contributed by atoms with van der Waals surface area (Å²) < 4.78 is 26.1. The maximum atomic E-state index is 11.8. The van der Waals surface area contributed by atoms with Gasteiger partial charge < -0.3 is 5.11 Å². The lowest BCUT2D eigenvalue weighted by Gasteiger charge is -2.21. The van der Waals surface area contributed by atoms with Gasteiger partial charge in [-0.2, -0.15) is 5.26 Å². The van der Waals surface area contributed by atoms with E-state index in [1.54, 1.807) is 13.8 Å². The van der Waals surface area contributed by atoms with E-state index in [4.69, 9.17) is 10.4 Å². The van der Waals surface area contributed by atoms with Crippen molar-refractivity contribution < 1.29 is 13.5 Å². The van der Waals surface area contributed by atoms with E-state index in [1.165, 1.54) is 24.3 Å². The molecule has 1 aromatic rings. The van der Waals surface area contributed by atoms with Gasteiger partial charge in [0.2, 0.25) is 10.0 Å². The van der Waals surface area contributed by atoms with E-state index >= 15 is 0 Å². The number of aliphatic hydroxyl groups excluding tert-OH is 1. The van der Waals surface area contributed by atoms with Gasteiger partial charge in [0, 0.05) is 17.7 Å². The molecule has 0 amide bonds. The number of anilines is 1. The van der Waals surface area contributed by atoms with Crippen LogP contribution in [0.1, 0.15) is 19.4 Å². The smallest absolute Gasteiger partial charge is 0.233 e. The Balaban J connectivity index is 2.80. The highest BCUT2D eigenvalue weighted by atomic mass is 32.2. The summed E-state index contributed by atoms with van der Waals surface area (Å²) >= 11 is 0. The van der Waals surface area contributed by atoms with Crippen LogP contribution < -0.4 is 4.72 Å². The van der Waals surface area contributed by atoms with Crippen molar-refractivity contribution in [3.63, 3.8) is 0 Å². The molecule has 98 valence electrons. The molecule has 0 saturated heterocycles. The molecular weight excluding hydrogens is 252 g/mol. The summed E-state index contributed by atoms with van der Waals surface area (Å²) in [5, 5.41) is 17.7. The average molecular weight is 268 g/mol. The highest BCUT2D eigenvalue weighted by molar-refractivity contribution is 7.92. The van der Waals surface area contributed by atoms with Crippen LogP contribution in [0.15, 0.2) is 24.3 Å². The lowest BCUT2D eigenvalue weighted by atomic mass is 9.98. The van der Waals surface area contributed by atoms with Crippen molar-refractivity contribution in [2.75, 3.05) is 17.1 Å². The normalized spacial score (nSPS) is 11.9. The first kappa shape index (κ1) is 14.5. The maximum absolute atomic E-state index is 11.8. The molecule has 0 radical (unpaired) electrons. The highest BCUT2D eigenvalue weighted by Crippen LogP contribution is 2.19. The highest BCUT2D eigenvalue weighted by Gasteiger charge is 2.25. The summed E-state index contributed by atoms with van der Waals surface area (Å²) in [5.74, 6) is -0.170. The average Bonchev–Trinajstić information content (AvgIpc) is 2.28. The van der Waals surface area contributed by atoms with Crippen LogP contribution in [0.25, 0.3) is 0 Å². The topological polar surface area (TPSA) is 90.2 Å². The van der Waals surface area contributed by atoms with Gasteiger partial charge in [-0.05, 0) is 24.3 Å². The Bertz CT molecular complexity index is 542. The third kappa shape index (κ3) is 4.35. The minimum Gasteiger partial charge on any atom is -0.396 e. The van der Waals surface area contributed by atoms with Crippen LogP contribution in [0.2, 0.25) is 0 Å². The Morgan fingerprint density at radius 1 is 1.33 bits per heavy atom. The zero-order valence-corrected chi connectivity index (χ0v) is 11.2. The molecule has 0 aromatic heterocycles. The molecule has 2 N–H and O–H groups in total. The Labute approximate surface area is 107 Å². The van der Waals surface area contributed by atoms with Crippen LogP contribution in [-0.4, -0.2) is 25.9 Å². The van der Waals surface area contributed by atoms with Crippen molar-refractivity contribution in [1.82, 2.24) is 0 Å². The van der Waals surface area contributed by atoms with Gasteiger partial charge in [-0.3, -0.25) is 4.72 Å². The molecule has 0 heterocycles. The van der Waals surface area contributed by atoms with Crippen LogP contribution in [-0.2, 0) is 10.0 Å². The summed E-state index contributed by atoms with van der Waals surface area (Å²) in [6, 6.07) is 8.09. The van der Waals surface area contributed by atoms with Crippen molar-refractivity contribution in [3.05, 3.63) is 29.8 Å². The van der Waals surface area contributed by atoms with Crippen molar-refractivity contribution >= 4 is 15.7 Å². The molecule has 5 nitrogen and oxygen atoms in total. The minimum absolute atomic E-state index is 0.170. The standard InChI is InChI=1S/C12H16N2O3S/c1-12(2,8-15)9-18(16,17)14-11-5-3-10(7-13)4-6-11/h3-6,14-15H,8-9H2,1-2H3. The first-order valence-electron chi connectivity index (χ1n) is 5.39. The molecule has 1 aromatic carbocycles. The molecule has 18 heavy (non-hydrogen) atoms. The first-order valence-corrected chi connectivity index (χ1v) is 7.05. The lowest BCUT2D eigenvalue weighted by molar-refractivity contribution is 0.179. The number of sulfonamides is 1. The van der Waals surface area contributed by atoms with Crippen LogP contribution in [0.3, 0.4) is 0 Å². The van der Waals surface area contributed by atoms with Crippen LogP contribution in [0.4, 0.5) is 5.69 Å². The summed E-state index contributed by atoms with van der Waals surface area (Å²) in [4.78, 5) is 0. The SMILES string of the molecule is CC(C)(CO)CS(=O)(=O)Nc1ccc(C#N)cc1. The van der Waals surface area contributed by atoms with Gasteiger partial charge >= 0.3 is 0 Å². The summed E-state index contributed by atoms with van der Waals surface area (Å²) in [6.07, 6.45) is 0. The van der Waals surface area contributed by atoms with Crippen LogP contribution in [0, 0.1) is 16.7 Å². The fraction of sp³-hybridized carbons (Fsp3) is 0.417. The van der Waals surface area contributed by atoms with Gasteiger partial charge in [-0.15, -0.1) is 0 Å². The van der Waals surface area contributed by atoms with Crippen molar-refractivity contribution in [2.45, 2.75) is 13.8 Å². The Morgan fingerprint density at radius 3 is 2.33 bits per heavy atom. The molecule has 6 heteroatoms. The van der Waals surface area contributed by atoms with Gasteiger partial charge in [0.1, 0.15) is 0 Å². The third-order valence-corrected chi connectivity index (χ3v) is 4.00. The maximum Gasteiger partial charge on any atom is 0.233 e. The number of rotatable bonds is 5. The number of hydrogen-bond donors (Lipinski definition) is 2. The number of nitrogens with zero attached hydrogens (tertiary/aromatic N) is 1. The second-order valence-electron chi connectivity index (χ2n) is 4.87. The zero-order chi connectivity index (χ0) is 13.8. The van der Waals surface area contributed by atoms with E-state index in [2.05, 4.69) is 4.72 Å². The predicted octanol–water partition coefficient (Wildman–Crippen LogP) is 1.32. The van der Waals surface area contributed by atoms with E-state index < -0.39 is 15.4 Å². The van der Waals surface area contributed by atoms with Gasteiger partial charge in [0.25, 0.3) is 0 Å². The third-order valence-electron chi connectivity index (χ3n) is 2.30. The summed E-state index contributed by atoms with van der Waals surface area (Å²) in [5.41, 5.74) is 0.176. The summed E-state index contributed by atoms with van der Waals surface area (Å²) in [7, 11) is -3.52. The quantitative estimate of drug-likeness (QED) is 0.842. The molecule has 0 spiro atoms. The van der Waals surface area contributed by atoms with Crippen molar-refractivity contribution in [1.29, 1.82) is 5.26 Å². The van der Waals surface area contributed by atoms with Crippen molar-refractivity contribution in [2.24, 2.45) is 5.41 Å². The number of aliphatic hydroxyl groups is 1. The summed E-state index contributed by atoms with van der Waals surface area (Å²) in [6.45, 7) is 3.14. The number of nitrogens with one attached hydrogen (secondary N) is 1. The Hall–Kier alpha value is -1.58. The van der Waals surface area contributed by atoms with E-state index in [9.17, 15) is 8.42 Å². The minimum atomic E-state index is -3.52. The fourth-order valence-corrected chi connectivity index (χ4v) is 3.08. The van der Waals surface area contributed by atoms with Gasteiger partial charge in [-0.25, -0.2) is 8.42 Å². The molecule has 0 aliphatic carbocycles. The molecule has 0 unspecified atom stereocenters. The molecule has 0 fully saturated rings. The van der Waals surface area contributed by atoms with Crippen LogP contribution >= 0.6 is 0 Å². The predicted molar refractivity (Wildman–Crippen MR) is 69.4 cm³/mol. The van der Waals surface area contributed by atoms with Gasteiger partial charge in [0.05, 0.1) is 17.4 Å². The monoisotopic (exact) mass is 268 g/mol. The lowest BCUT2D eigenvalue weighted by Crippen LogP contribution is -2.31. The molecule has 0 atom stereocenters. The molecular formula is C12H16N2O3S. The Kier molecular flexibility index (Phi) is 4.33. The van der Waals surface area contributed by atoms with E-state index in [0.717, 1.165) is 0 Å². The number of nitriles is 1. The molecule has 1 rings (SSSR count). The second-order valence-corrected chi connectivity index (χ2v) is 6.59. The second kappa shape index (κ2) is 5.38. The molecule has 0 saturated carbocycles.